The van der Waals surface area contributed by atoms with Crippen molar-refractivity contribution in [1.29, 1.82) is 0 Å². The van der Waals surface area contributed by atoms with Gasteiger partial charge in [0.1, 0.15) is 5.76 Å². The number of furan rings is 1. The molecule has 0 saturated carbocycles. The fraction of sp³-hybridized carbons (Fsp3) is 0.174. The van der Waals surface area contributed by atoms with Gasteiger partial charge >= 0.3 is 0 Å². The number of hydrogen-bond donors (Lipinski definition) is 1. The van der Waals surface area contributed by atoms with Crippen molar-refractivity contribution in [3.8, 4) is 0 Å². The largest absolute Gasteiger partial charge is 0.468 e. The number of thioether (sulfide) groups is 1. The normalized spacial score (nSPS) is 21.9. The zero-order valence-electron chi connectivity index (χ0n) is 14.7. The van der Waals surface area contributed by atoms with E-state index in [1.807, 2.05) is 42.5 Å². The van der Waals surface area contributed by atoms with E-state index >= 15 is 0 Å². The highest BCUT2D eigenvalue weighted by Crippen LogP contribution is 2.51. The minimum absolute atomic E-state index is 0.115. The zero-order valence-corrected chi connectivity index (χ0v) is 15.5. The molecular weight excluding hydrogens is 354 g/mol. The number of benzene rings is 2. The highest BCUT2D eigenvalue weighted by Gasteiger charge is 2.37. The van der Waals surface area contributed by atoms with Gasteiger partial charge in [-0.2, -0.15) is 0 Å². The average Bonchev–Trinajstić information content (AvgIpc) is 3.17. The first-order valence-corrected chi connectivity index (χ1v) is 10.0. The Morgan fingerprint density at radius 3 is 2.56 bits per heavy atom. The van der Waals surface area contributed by atoms with E-state index in [4.69, 9.17) is 4.42 Å². The predicted octanol–water partition coefficient (Wildman–Crippen LogP) is 5.94. The third kappa shape index (κ3) is 3.00. The lowest BCUT2D eigenvalue weighted by Gasteiger charge is -2.28. The minimum Gasteiger partial charge on any atom is -0.468 e. The van der Waals surface area contributed by atoms with Crippen LogP contribution in [0.4, 0.5) is 5.69 Å². The number of carbonyl (C=O) groups excluding carboxylic acids is 1. The molecule has 5 rings (SSSR count). The lowest BCUT2D eigenvalue weighted by molar-refractivity contribution is -0.116. The van der Waals surface area contributed by atoms with Gasteiger partial charge in [0.2, 0.25) is 0 Å². The first kappa shape index (κ1) is 16.5. The number of fused-ring (bicyclic) bond motifs is 1. The molecule has 0 bridgehead atoms. The Kier molecular flexibility index (Phi) is 4.13. The van der Waals surface area contributed by atoms with Gasteiger partial charge in [0.05, 0.1) is 17.2 Å². The number of Topliss-reactive ketones (excluding diaryl/α,β-unsaturated/α-hetero) is 1. The van der Waals surface area contributed by atoms with Crippen molar-refractivity contribution in [2.24, 2.45) is 0 Å². The topological polar surface area (TPSA) is 42.2 Å². The molecule has 0 saturated heterocycles. The monoisotopic (exact) mass is 373 g/mol. The van der Waals surface area contributed by atoms with E-state index in [1.54, 1.807) is 18.0 Å². The first-order chi connectivity index (χ1) is 13.3. The molecule has 3 nitrogen and oxygen atoms in total. The number of allylic oxidation sites excluding steroid dienone is 1. The number of ketones is 1. The van der Waals surface area contributed by atoms with Crippen molar-refractivity contribution in [2.75, 3.05) is 5.32 Å². The zero-order chi connectivity index (χ0) is 18.2. The van der Waals surface area contributed by atoms with Crippen molar-refractivity contribution < 1.29 is 9.21 Å². The third-order valence-electron chi connectivity index (χ3n) is 5.26. The standard InChI is InChI=1S/C23H19NO2S/c25-19-14-16(15-7-2-1-3-8-15)13-18-22(19)23(20-10-6-12-26-20)27-21-11-5-4-9-17(21)24-18/h1-12,16,23-24H,13-14H2. The Labute approximate surface area is 162 Å². The first-order valence-electron chi connectivity index (χ1n) is 9.17. The van der Waals surface area contributed by atoms with Crippen LogP contribution in [0.5, 0.6) is 0 Å². The van der Waals surface area contributed by atoms with Gasteiger partial charge < -0.3 is 9.73 Å². The highest BCUT2D eigenvalue weighted by molar-refractivity contribution is 8.00. The lowest BCUT2D eigenvalue weighted by atomic mass is 9.80. The maximum Gasteiger partial charge on any atom is 0.162 e. The Hall–Kier alpha value is -2.72. The predicted molar refractivity (Wildman–Crippen MR) is 108 cm³/mol. The summed E-state index contributed by atoms with van der Waals surface area (Å²) in [6, 6.07) is 22.4. The summed E-state index contributed by atoms with van der Waals surface area (Å²) >= 11 is 1.69. The van der Waals surface area contributed by atoms with E-state index in [0.717, 1.165) is 34.0 Å². The molecule has 4 heteroatoms. The molecule has 0 fully saturated rings. The smallest absolute Gasteiger partial charge is 0.162 e. The summed E-state index contributed by atoms with van der Waals surface area (Å²) in [5, 5.41) is 3.46. The quantitative estimate of drug-likeness (QED) is 0.604. The molecular formula is C23H19NO2S. The molecule has 2 heterocycles. The van der Waals surface area contributed by atoms with Crippen LogP contribution in [0.3, 0.4) is 0 Å². The van der Waals surface area contributed by atoms with Crippen molar-refractivity contribution in [2.45, 2.75) is 28.9 Å². The molecule has 1 aliphatic heterocycles. The van der Waals surface area contributed by atoms with Crippen LogP contribution in [-0.4, -0.2) is 5.78 Å². The Morgan fingerprint density at radius 2 is 1.74 bits per heavy atom. The van der Waals surface area contributed by atoms with Crippen molar-refractivity contribution in [1.82, 2.24) is 0 Å². The van der Waals surface area contributed by atoms with Crippen LogP contribution < -0.4 is 5.32 Å². The molecule has 2 aromatic carbocycles. The van der Waals surface area contributed by atoms with Gasteiger partial charge in [-0.25, -0.2) is 0 Å². The van der Waals surface area contributed by atoms with E-state index in [1.165, 1.54) is 5.56 Å². The molecule has 1 aromatic heterocycles. The van der Waals surface area contributed by atoms with E-state index in [9.17, 15) is 4.79 Å². The van der Waals surface area contributed by atoms with Gasteiger partial charge in [0, 0.05) is 22.6 Å². The van der Waals surface area contributed by atoms with Gasteiger partial charge in [-0.3, -0.25) is 4.79 Å². The van der Waals surface area contributed by atoms with Crippen molar-refractivity contribution >= 4 is 23.2 Å². The van der Waals surface area contributed by atoms with E-state index in [0.29, 0.717) is 6.42 Å². The number of anilines is 1. The molecule has 27 heavy (non-hydrogen) atoms. The summed E-state index contributed by atoms with van der Waals surface area (Å²) < 4.78 is 5.72. The summed E-state index contributed by atoms with van der Waals surface area (Å²) in [5.41, 5.74) is 4.17. The van der Waals surface area contributed by atoms with Crippen LogP contribution in [0.2, 0.25) is 0 Å². The second-order valence-corrected chi connectivity index (χ2v) is 8.11. The van der Waals surface area contributed by atoms with E-state index in [-0.39, 0.29) is 17.0 Å². The lowest BCUT2D eigenvalue weighted by Crippen LogP contribution is -2.23. The Bertz CT molecular complexity index is 1010. The third-order valence-corrected chi connectivity index (χ3v) is 6.57. The van der Waals surface area contributed by atoms with Gasteiger partial charge in [-0.15, -0.1) is 11.8 Å². The Morgan fingerprint density at radius 1 is 0.926 bits per heavy atom. The number of para-hydroxylation sites is 1. The molecule has 1 aliphatic carbocycles. The van der Waals surface area contributed by atoms with Gasteiger partial charge in [0.25, 0.3) is 0 Å². The van der Waals surface area contributed by atoms with Crippen LogP contribution in [0.1, 0.15) is 35.3 Å². The number of carbonyl (C=O) groups is 1. The number of nitrogens with one attached hydrogen (secondary N) is 1. The molecule has 2 unspecified atom stereocenters. The second-order valence-electron chi connectivity index (χ2n) is 6.97. The van der Waals surface area contributed by atoms with Crippen molar-refractivity contribution in [3.05, 3.63) is 95.6 Å². The summed E-state index contributed by atoms with van der Waals surface area (Å²) in [6.45, 7) is 0. The maximum absolute atomic E-state index is 13.3. The number of hydrogen-bond acceptors (Lipinski definition) is 4. The van der Waals surface area contributed by atoms with Crippen LogP contribution in [-0.2, 0) is 4.79 Å². The van der Waals surface area contributed by atoms with Gasteiger partial charge in [-0.1, -0.05) is 42.5 Å². The molecule has 0 radical (unpaired) electrons. The molecule has 1 N–H and O–H groups in total. The van der Waals surface area contributed by atoms with Crippen LogP contribution in [0.15, 0.2) is 93.6 Å². The number of rotatable bonds is 2. The average molecular weight is 373 g/mol. The molecule has 134 valence electrons. The van der Waals surface area contributed by atoms with E-state index in [2.05, 4.69) is 29.6 Å². The summed E-state index contributed by atoms with van der Waals surface area (Å²) in [4.78, 5) is 14.4. The molecule has 2 aliphatic rings. The van der Waals surface area contributed by atoms with Crippen LogP contribution in [0.25, 0.3) is 0 Å². The molecule has 0 spiro atoms. The van der Waals surface area contributed by atoms with Crippen molar-refractivity contribution in [3.63, 3.8) is 0 Å². The van der Waals surface area contributed by atoms with Crippen LogP contribution >= 0.6 is 11.8 Å². The second kappa shape index (κ2) is 6.78. The summed E-state index contributed by atoms with van der Waals surface area (Å²) in [6.07, 6.45) is 3.05. The molecule has 3 aromatic rings. The molecule has 0 amide bonds. The minimum atomic E-state index is -0.115. The SMILES string of the molecule is O=C1CC(c2ccccc2)CC2=C1C(c1ccco1)Sc1ccccc1N2. The fourth-order valence-corrected chi connectivity index (χ4v) is 5.28. The maximum atomic E-state index is 13.3. The fourth-order valence-electron chi connectivity index (χ4n) is 3.98. The van der Waals surface area contributed by atoms with E-state index < -0.39 is 0 Å². The summed E-state index contributed by atoms with van der Waals surface area (Å²) in [5.74, 6) is 1.24. The van der Waals surface area contributed by atoms with Gasteiger partial charge in [0.15, 0.2) is 5.78 Å². The van der Waals surface area contributed by atoms with Gasteiger partial charge in [-0.05, 0) is 42.2 Å². The summed E-state index contributed by atoms with van der Waals surface area (Å²) in [7, 11) is 0. The highest BCUT2D eigenvalue weighted by atomic mass is 32.2. The molecule has 2 atom stereocenters. The van der Waals surface area contributed by atoms with Crippen LogP contribution in [0, 0.1) is 0 Å². The Balaban J connectivity index is 1.61.